The average Bonchev–Trinajstić information content (AvgIpc) is 3.09. The minimum atomic E-state index is -0.0448. The van der Waals surface area contributed by atoms with Crippen molar-refractivity contribution >= 4 is 17.2 Å². The number of nitrogens with one attached hydrogen (secondary N) is 2. The first-order valence-corrected chi connectivity index (χ1v) is 8.23. The van der Waals surface area contributed by atoms with Gasteiger partial charge in [-0.05, 0) is 23.6 Å². The summed E-state index contributed by atoms with van der Waals surface area (Å²) in [7, 11) is 0. The second-order valence-corrected chi connectivity index (χ2v) is 6.31. The fraction of sp³-hybridized carbons (Fsp3) is 0.267. The predicted octanol–water partition coefficient (Wildman–Crippen LogP) is 2.13. The van der Waals surface area contributed by atoms with E-state index in [4.69, 9.17) is 0 Å². The van der Waals surface area contributed by atoms with Gasteiger partial charge in [-0.15, -0.1) is 21.5 Å². The third-order valence-corrected chi connectivity index (χ3v) is 4.62. The van der Waals surface area contributed by atoms with Crippen LogP contribution in [-0.2, 0) is 6.54 Å². The molecule has 2 heterocycles. The number of amides is 1. The minimum absolute atomic E-state index is 0.0448. The summed E-state index contributed by atoms with van der Waals surface area (Å²) in [4.78, 5) is 17.4. The molecule has 0 unspecified atom stereocenters. The number of aromatic amines is 1. The van der Waals surface area contributed by atoms with Gasteiger partial charge in [0.2, 0.25) is 5.82 Å². The largest absolute Gasteiger partial charge is 0.347 e. The Labute approximate surface area is 136 Å². The van der Waals surface area contributed by atoms with Gasteiger partial charge in [-0.25, -0.2) is 4.98 Å². The lowest BCUT2D eigenvalue weighted by Crippen LogP contribution is -2.22. The van der Waals surface area contributed by atoms with Gasteiger partial charge < -0.3 is 5.32 Å². The number of carbonyl (C=O) groups is 1. The molecule has 4 rings (SSSR count). The maximum Gasteiger partial charge on any atom is 0.263 e. The van der Waals surface area contributed by atoms with Crippen molar-refractivity contribution < 1.29 is 4.79 Å². The van der Waals surface area contributed by atoms with Gasteiger partial charge in [-0.2, -0.15) is 5.21 Å². The fourth-order valence-corrected chi connectivity index (χ4v) is 3.18. The second-order valence-electron chi connectivity index (χ2n) is 5.46. The van der Waals surface area contributed by atoms with Gasteiger partial charge >= 0.3 is 0 Å². The summed E-state index contributed by atoms with van der Waals surface area (Å²) in [5.74, 6) is 0.993. The lowest BCUT2D eigenvalue weighted by molar-refractivity contribution is 0.0954. The Morgan fingerprint density at radius 3 is 2.83 bits per heavy atom. The summed E-state index contributed by atoms with van der Waals surface area (Å²) in [5, 5.41) is 16.8. The van der Waals surface area contributed by atoms with E-state index in [1.165, 1.54) is 11.3 Å². The average molecular weight is 326 g/mol. The van der Waals surface area contributed by atoms with Gasteiger partial charge in [0.1, 0.15) is 4.88 Å². The normalized spacial score (nSPS) is 13.9. The molecule has 1 aliphatic carbocycles. The standard InChI is InChI=1S/C15H14N6OS/c22-15(13-12(10-5-6-10)17-8-23-13)16-7-9-1-3-11(4-2-9)14-18-20-21-19-14/h1-4,8,10H,5-7H2,(H,16,22)(H,18,19,20,21). The number of hydrogen-bond donors (Lipinski definition) is 2. The van der Waals surface area contributed by atoms with Gasteiger partial charge in [0, 0.05) is 18.0 Å². The van der Waals surface area contributed by atoms with Gasteiger partial charge in [-0.1, -0.05) is 24.3 Å². The quantitative estimate of drug-likeness (QED) is 0.749. The van der Waals surface area contributed by atoms with Crippen LogP contribution >= 0.6 is 11.3 Å². The third-order valence-electron chi connectivity index (χ3n) is 3.78. The first-order valence-electron chi connectivity index (χ1n) is 7.35. The van der Waals surface area contributed by atoms with Crippen LogP contribution in [0.2, 0.25) is 0 Å². The molecule has 1 aliphatic rings. The zero-order valence-corrected chi connectivity index (χ0v) is 13.0. The summed E-state index contributed by atoms with van der Waals surface area (Å²) in [6.07, 6.45) is 2.28. The number of carbonyl (C=O) groups excluding carboxylic acids is 1. The maximum atomic E-state index is 12.3. The lowest BCUT2D eigenvalue weighted by atomic mass is 10.1. The highest BCUT2D eigenvalue weighted by atomic mass is 32.1. The molecule has 116 valence electrons. The second kappa shape index (κ2) is 5.88. The van der Waals surface area contributed by atoms with Crippen LogP contribution in [0.25, 0.3) is 11.4 Å². The number of benzene rings is 1. The fourth-order valence-electron chi connectivity index (χ4n) is 2.39. The van der Waals surface area contributed by atoms with Crippen LogP contribution < -0.4 is 5.32 Å². The Morgan fingerprint density at radius 1 is 1.30 bits per heavy atom. The molecule has 7 nitrogen and oxygen atoms in total. The molecule has 0 aliphatic heterocycles. The monoisotopic (exact) mass is 326 g/mol. The zero-order chi connectivity index (χ0) is 15.6. The highest BCUT2D eigenvalue weighted by Crippen LogP contribution is 2.41. The lowest BCUT2D eigenvalue weighted by Gasteiger charge is -2.05. The number of hydrogen-bond acceptors (Lipinski definition) is 6. The van der Waals surface area contributed by atoms with E-state index in [9.17, 15) is 4.79 Å². The number of nitrogens with zero attached hydrogens (tertiary/aromatic N) is 4. The Hall–Kier alpha value is -2.61. The van der Waals surface area contributed by atoms with Crippen LogP contribution in [0.15, 0.2) is 29.8 Å². The van der Waals surface area contributed by atoms with Crippen LogP contribution in [0.1, 0.15) is 39.7 Å². The van der Waals surface area contributed by atoms with E-state index in [2.05, 4.69) is 30.9 Å². The van der Waals surface area contributed by atoms with E-state index in [1.807, 2.05) is 24.3 Å². The molecule has 2 N–H and O–H groups in total. The molecule has 0 bridgehead atoms. The SMILES string of the molecule is O=C(NCc1ccc(-c2nn[nH]n2)cc1)c1scnc1C1CC1. The Kier molecular flexibility index (Phi) is 3.58. The van der Waals surface area contributed by atoms with Crippen LogP contribution in [0, 0.1) is 0 Å². The summed E-state index contributed by atoms with van der Waals surface area (Å²) >= 11 is 1.41. The molecule has 2 aromatic heterocycles. The summed E-state index contributed by atoms with van der Waals surface area (Å²) in [5.41, 5.74) is 4.61. The molecular weight excluding hydrogens is 312 g/mol. The number of thiazole rings is 1. The highest BCUT2D eigenvalue weighted by Gasteiger charge is 2.30. The van der Waals surface area contributed by atoms with Crippen LogP contribution in [-0.4, -0.2) is 31.5 Å². The zero-order valence-electron chi connectivity index (χ0n) is 12.2. The molecule has 1 amide bonds. The smallest absolute Gasteiger partial charge is 0.263 e. The van der Waals surface area contributed by atoms with Crippen molar-refractivity contribution in [3.05, 3.63) is 45.9 Å². The topological polar surface area (TPSA) is 96.5 Å². The van der Waals surface area contributed by atoms with Crippen LogP contribution in [0.5, 0.6) is 0 Å². The molecule has 1 aromatic carbocycles. The number of tetrazole rings is 1. The van der Waals surface area contributed by atoms with Crippen molar-refractivity contribution in [2.45, 2.75) is 25.3 Å². The summed E-state index contributed by atoms with van der Waals surface area (Å²) in [6.45, 7) is 0.480. The molecule has 3 aromatic rings. The molecule has 8 heteroatoms. The van der Waals surface area contributed by atoms with Crippen molar-refractivity contribution in [3.63, 3.8) is 0 Å². The van der Waals surface area contributed by atoms with E-state index in [0.29, 0.717) is 18.3 Å². The van der Waals surface area contributed by atoms with Crippen LogP contribution in [0.3, 0.4) is 0 Å². The molecule has 0 atom stereocenters. The predicted molar refractivity (Wildman–Crippen MR) is 84.9 cm³/mol. The third kappa shape index (κ3) is 2.98. The van der Waals surface area contributed by atoms with E-state index < -0.39 is 0 Å². The summed E-state index contributed by atoms with van der Waals surface area (Å²) < 4.78 is 0. The first-order chi connectivity index (χ1) is 11.3. The van der Waals surface area contributed by atoms with E-state index in [-0.39, 0.29) is 5.91 Å². The van der Waals surface area contributed by atoms with Gasteiger partial charge in [-0.3, -0.25) is 4.79 Å². The van der Waals surface area contributed by atoms with Crippen molar-refractivity contribution in [1.29, 1.82) is 0 Å². The van der Waals surface area contributed by atoms with Crippen LogP contribution in [0.4, 0.5) is 0 Å². The summed E-state index contributed by atoms with van der Waals surface area (Å²) in [6, 6.07) is 7.71. The number of rotatable bonds is 5. The molecular formula is C15H14N6OS. The molecule has 0 radical (unpaired) electrons. The minimum Gasteiger partial charge on any atom is -0.347 e. The Morgan fingerprint density at radius 2 is 2.13 bits per heavy atom. The van der Waals surface area contributed by atoms with Gasteiger partial charge in [0.15, 0.2) is 0 Å². The van der Waals surface area contributed by atoms with Crippen molar-refractivity contribution in [3.8, 4) is 11.4 Å². The highest BCUT2D eigenvalue weighted by molar-refractivity contribution is 7.11. The molecule has 0 spiro atoms. The Balaban J connectivity index is 1.40. The van der Waals surface area contributed by atoms with E-state index in [0.717, 1.165) is 34.5 Å². The van der Waals surface area contributed by atoms with E-state index >= 15 is 0 Å². The maximum absolute atomic E-state index is 12.3. The number of aromatic nitrogens is 5. The van der Waals surface area contributed by atoms with Crippen molar-refractivity contribution in [2.75, 3.05) is 0 Å². The Bertz CT molecular complexity index is 807. The molecule has 23 heavy (non-hydrogen) atoms. The molecule has 0 saturated heterocycles. The van der Waals surface area contributed by atoms with Crippen molar-refractivity contribution in [1.82, 2.24) is 30.9 Å². The van der Waals surface area contributed by atoms with E-state index in [1.54, 1.807) is 5.51 Å². The van der Waals surface area contributed by atoms with Crippen molar-refractivity contribution in [2.24, 2.45) is 0 Å². The number of H-pyrrole nitrogens is 1. The molecule has 1 saturated carbocycles. The van der Waals surface area contributed by atoms with Gasteiger partial charge in [0.25, 0.3) is 5.91 Å². The first kappa shape index (κ1) is 14.0. The van der Waals surface area contributed by atoms with Gasteiger partial charge in [0.05, 0.1) is 11.2 Å². The molecule has 1 fully saturated rings.